The molecule has 1 N–H and O–H groups in total. The lowest BCUT2D eigenvalue weighted by Gasteiger charge is -2.15. The quantitative estimate of drug-likeness (QED) is 0.0373. The summed E-state index contributed by atoms with van der Waals surface area (Å²) in [5.41, 5.74) is 0. The van der Waals surface area contributed by atoms with Crippen molar-refractivity contribution in [3.63, 3.8) is 0 Å². The minimum absolute atomic E-state index is 0.0828. The molecular formula is C69H114O5. The van der Waals surface area contributed by atoms with Gasteiger partial charge in [0.05, 0.1) is 6.61 Å². The summed E-state index contributed by atoms with van der Waals surface area (Å²) >= 11 is 0. The van der Waals surface area contributed by atoms with Gasteiger partial charge in [-0.1, -0.05) is 276 Å². The smallest absolute Gasteiger partial charge is 0.306 e. The zero-order valence-corrected chi connectivity index (χ0v) is 48.1. The monoisotopic (exact) mass is 1020 g/mol. The lowest BCUT2D eigenvalue weighted by atomic mass is 10.0. The van der Waals surface area contributed by atoms with Crippen LogP contribution in [0.1, 0.15) is 271 Å². The van der Waals surface area contributed by atoms with Gasteiger partial charge in [-0.25, -0.2) is 0 Å². The van der Waals surface area contributed by atoms with Crippen LogP contribution in [0.25, 0.3) is 0 Å². The third kappa shape index (κ3) is 60.6. The Hall–Kier alpha value is -3.96. The molecular weight excluding hydrogens is 909 g/mol. The second-order valence-electron chi connectivity index (χ2n) is 20.0. The molecule has 0 aromatic rings. The predicted molar refractivity (Wildman–Crippen MR) is 324 cm³/mol. The van der Waals surface area contributed by atoms with E-state index in [1.165, 1.54) is 128 Å². The van der Waals surface area contributed by atoms with Crippen LogP contribution >= 0.6 is 0 Å². The Bertz CT molecular complexity index is 1530. The van der Waals surface area contributed by atoms with Gasteiger partial charge in [-0.05, 0) is 116 Å². The van der Waals surface area contributed by atoms with Crippen LogP contribution < -0.4 is 0 Å². The highest BCUT2D eigenvalue weighted by molar-refractivity contribution is 5.70. The number of rotatable bonds is 55. The number of carbonyl (C=O) groups is 2. The van der Waals surface area contributed by atoms with E-state index >= 15 is 0 Å². The second-order valence-corrected chi connectivity index (χ2v) is 20.0. The fraction of sp³-hybridized carbons (Fsp3) is 0.652. The third-order valence-corrected chi connectivity index (χ3v) is 12.9. The number of hydrogen-bond donors (Lipinski definition) is 1. The van der Waals surface area contributed by atoms with Gasteiger partial charge in [0.15, 0.2) is 6.10 Å². The first-order valence-corrected chi connectivity index (χ1v) is 30.7. The fourth-order valence-electron chi connectivity index (χ4n) is 8.34. The van der Waals surface area contributed by atoms with Gasteiger partial charge in [0.2, 0.25) is 0 Å². The summed E-state index contributed by atoms with van der Waals surface area (Å²) in [6.07, 6.45) is 94.3. The molecule has 0 fully saturated rings. The standard InChI is InChI=1S/C69H114O5/c1-3-5-7-9-11-13-15-17-19-21-23-25-27-29-30-31-32-33-34-35-36-37-38-40-42-44-46-48-50-52-54-56-58-60-62-64-69(72)74-67(65-70)66-73-68(71)63-61-59-57-55-53-51-49-47-45-43-41-39-28-26-24-22-20-18-16-14-12-10-8-6-4-2/h5,7,11,13,17,19,22-25,29-30,32-33,35-36,38,40,44,46,50,52,67,70H,3-4,6,8-10,12,14-16,18,20-21,26-28,31,34,37,39,41-43,45,47-49,51,53-66H2,1-2H3/b7-5-,13-11-,19-17-,24-22-,25-23-,30-29-,33-32-,36-35-,40-38-,46-44-,52-50-. The van der Waals surface area contributed by atoms with Gasteiger partial charge in [0, 0.05) is 12.8 Å². The highest BCUT2D eigenvalue weighted by atomic mass is 16.6. The van der Waals surface area contributed by atoms with Crippen molar-refractivity contribution in [3.05, 3.63) is 134 Å². The summed E-state index contributed by atoms with van der Waals surface area (Å²) in [5, 5.41) is 9.67. The van der Waals surface area contributed by atoms with Crippen LogP contribution in [-0.4, -0.2) is 36.4 Å². The van der Waals surface area contributed by atoms with Crippen LogP contribution in [0.15, 0.2) is 134 Å². The first-order chi connectivity index (χ1) is 36.6. The number of hydrogen-bond acceptors (Lipinski definition) is 5. The molecule has 0 spiro atoms. The minimum Gasteiger partial charge on any atom is -0.462 e. The summed E-state index contributed by atoms with van der Waals surface area (Å²) < 4.78 is 10.7. The van der Waals surface area contributed by atoms with Crippen LogP contribution in [0.2, 0.25) is 0 Å². The van der Waals surface area contributed by atoms with E-state index in [-0.39, 0.29) is 25.2 Å². The van der Waals surface area contributed by atoms with Crippen molar-refractivity contribution in [1.29, 1.82) is 0 Å². The number of aliphatic hydroxyl groups excluding tert-OH is 1. The van der Waals surface area contributed by atoms with Crippen molar-refractivity contribution in [2.75, 3.05) is 13.2 Å². The first kappa shape index (κ1) is 70.0. The zero-order chi connectivity index (χ0) is 53.4. The SMILES string of the molecule is CC/C=C\C/C=C\C/C=C\C/C=C\C/C=C\C/C=C\C/C=C\C/C=C\C/C=C\C/C=C\CCCCCCC(=O)OC(CO)COC(=O)CCCCCCCCCCCCCCC/C=C\CCCCCCCCCC. The maximum absolute atomic E-state index is 12.3. The molecule has 0 amide bonds. The summed E-state index contributed by atoms with van der Waals surface area (Å²) in [6, 6.07) is 0. The molecule has 0 aliphatic carbocycles. The third-order valence-electron chi connectivity index (χ3n) is 12.9. The molecule has 0 rings (SSSR count). The van der Waals surface area contributed by atoms with Crippen molar-refractivity contribution in [3.8, 4) is 0 Å². The lowest BCUT2D eigenvalue weighted by molar-refractivity contribution is -0.161. The van der Waals surface area contributed by atoms with E-state index < -0.39 is 6.10 Å². The zero-order valence-electron chi connectivity index (χ0n) is 48.1. The number of carbonyl (C=O) groups excluding carboxylic acids is 2. The van der Waals surface area contributed by atoms with E-state index in [0.717, 1.165) is 116 Å². The number of unbranched alkanes of at least 4 members (excludes halogenated alkanes) is 25. The Morgan fingerprint density at radius 1 is 0.324 bits per heavy atom. The molecule has 0 aliphatic heterocycles. The molecule has 1 atom stereocenters. The van der Waals surface area contributed by atoms with Crippen LogP contribution in [0, 0.1) is 0 Å². The van der Waals surface area contributed by atoms with E-state index in [0.29, 0.717) is 12.8 Å². The molecule has 420 valence electrons. The first-order valence-electron chi connectivity index (χ1n) is 30.7. The molecule has 0 heterocycles. The van der Waals surface area contributed by atoms with Gasteiger partial charge in [0.25, 0.3) is 0 Å². The molecule has 0 saturated heterocycles. The largest absolute Gasteiger partial charge is 0.462 e. The van der Waals surface area contributed by atoms with E-state index in [2.05, 4.69) is 148 Å². The minimum atomic E-state index is -0.796. The predicted octanol–water partition coefficient (Wildman–Crippen LogP) is 21.2. The number of esters is 2. The van der Waals surface area contributed by atoms with Gasteiger partial charge >= 0.3 is 11.9 Å². The van der Waals surface area contributed by atoms with E-state index in [4.69, 9.17) is 9.47 Å². The van der Waals surface area contributed by atoms with E-state index in [1.54, 1.807) is 0 Å². The second kappa shape index (κ2) is 63.3. The molecule has 0 aromatic carbocycles. The Morgan fingerprint density at radius 3 is 0.892 bits per heavy atom. The van der Waals surface area contributed by atoms with Crippen LogP contribution in [0.4, 0.5) is 0 Å². The van der Waals surface area contributed by atoms with Crippen LogP contribution in [0.5, 0.6) is 0 Å². The Balaban J connectivity index is 3.61. The highest BCUT2D eigenvalue weighted by Crippen LogP contribution is 2.15. The van der Waals surface area contributed by atoms with Gasteiger partial charge in [-0.3, -0.25) is 9.59 Å². The fourth-order valence-corrected chi connectivity index (χ4v) is 8.34. The molecule has 74 heavy (non-hydrogen) atoms. The van der Waals surface area contributed by atoms with E-state index in [1.807, 2.05) is 0 Å². The summed E-state index contributed by atoms with van der Waals surface area (Å²) in [7, 11) is 0. The molecule has 1 unspecified atom stereocenters. The summed E-state index contributed by atoms with van der Waals surface area (Å²) in [4.78, 5) is 24.6. The number of allylic oxidation sites excluding steroid dienone is 22. The lowest BCUT2D eigenvalue weighted by Crippen LogP contribution is -2.28. The summed E-state index contributed by atoms with van der Waals surface area (Å²) in [6.45, 7) is 4.02. The molecule has 0 aliphatic rings. The average Bonchev–Trinajstić information content (AvgIpc) is 3.40. The summed E-state index contributed by atoms with van der Waals surface area (Å²) in [5.74, 6) is -0.622. The van der Waals surface area contributed by atoms with Crippen molar-refractivity contribution in [2.45, 2.75) is 277 Å². The molecule has 5 nitrogen and oxygen atoms in total. The molecule has 0 bridgehead atoms. The van der Waals surface area contributed by atoms with Gasteiger partial charge in [-0.2, -0.15) is 0 Å². The number of ether oxygens (including phenoxy) is 2. The van der Waals surface area contributed by atoms with Crippen molar-refractivity contribution in [1.82, 2.24) is 0 Å². The Labute approximate surface area is 457 Å². The van der Waals surface area contributed by atoms with Crippen LogP contribution in [0.3, 0.4) is 0 Å². The maximum atomic E-state index is 12.3. The molecule has 0 saturated carbocycles. The van der Waals surface area contributed by atoms with Crippen molar-refractivity contribution >= 4 is 11.9 Å². The van der Waals surface area contributed by atoms with Gasteiger partial charge < -0.3 is 14.6 Å². The van der Waals surface area contributed by atoms with Crippen molar-refractivity contribution < 1.29 is 24.2 Å². The number of aliphatic hydroxyl groups is 1. The van der Waals surface area contributed by atoms with Gasteiger partial charge in [0.1, 0.15) is 6.61 Å². The van der Waals surface area contributed by atoms with Crippen LogP contribution in [-0.2, 0) is 19.1 Å². The topological polar surface area (TPSA) is 72.8 Å². The highest BCUT2D eigenvalue weighted by Gasteiger charge is 2.16. The van der Waals surface area contributed by atoms with E-state index in [9.17, 15) is 14.7 Å². The Morgan fingerprint density at radius 2 is 0.581 bits per heavy atom. The van der Waals surface area contributed by atoms with Crippen molar-refractivity contribution in [2.24, 2.45) is 0 Å². The molecule has 5 heteroatoms. The Kier molecular flexibility index (Phi) is 59.9. The average molecular weight is 1020 g/mol. The van der Waals surface area contributed by atoms with Gasteiger partial charge in [-0.15, -0.1) is 0 Å². The maximum Gasteiger partial charge on any atom is 0.306 e. The normalized spacial score (nSPS) is 13.2. The molecule has 0 aromatic heterocycles. The molecule has 0 radical (unpaired) electrons.